The number of carbonyl (C=O) groups is 2. The van der Waals surface area contributed by atoms with Crippen LogP contribution in [0.15, 0.2) is 24.3 Å². The van der Waals surface area contributed by atoms with Crippen LogP contribution in [0, 0.1) is 0 Å². The fourth-order valence-electron chi connectivity index (χ4n) is 1.62. The summed E-state index contributed by atoms with van der Waals surface area (Å²) in [4.78, 5) is 23.7. The molecule has 1 rings (SSSR count). The molecule has 0 spiro atoms. The van der Waals surface area contributed by atoms with E-state index in [1.807, 2.05) is 0 Å². The van der Waals surface area contributed by atoms with Crippen molar-refractivity contribution in [2.45, 2.75) is 19.5 Å². The second kappa shape index (κ2) is 6.40. The molecule has 110 valence electrons. The smallest absolute Gasteiger partial charge is 0.416 e. The number of carboxylic acids is 1. The van der Waals surface area contributed by atoms with Crippen LogP contribution in [0.5, 0.6) is 0 Å². The number of halogens is 3. The molecule has 1 amide bonds. The van der Waals surface area contributed by atoms with Gasteiger partial charge in [-0.2, -0.15) is 13.2 Å². The Morgan fingerprint density at radius 2 is 1.75 bits per heavy atom. The summed E-state index contributed by atoms with van der Waals surface area (Å²) < 4.78 is 37.2. The van der Waals surface area contributed by atoms with Crippen LogP contribution in [0.1, 0.15) is 29.3 Å². The van der Waals surface area contributed by atoms with Crippen LogP contribution < -0.4 is 0 Å². The molecule has 0 aliphatic rings. The van der Waals surface area contributed by atoms with Crippen LogP contribution in [0.2, 0.25) is 0 Å². The first-order valence-corrected chi connectivity index (χ1v) is 5.94. The second-order valence-electron chi connectivity index (χ2n) is 4.10. The zero-order chi connectivity index (χ0) is 15.3. The summed E-state index contributed by atoms with van der Waals surface area (Å²) >= 11 is 0. The number of carboxylic acid groups (broad SMARTS) is 1. The molecule has 0 saturated carbocycles. The molecule has 7 heteroatoms. The number of aliphatic carboxylic acids is 1. The first-order valence-electron chi connectivity index (χ1n) is 5.94. The van der Waals surface area contributed by atoms with E-state index in [0.717, 1.165) is 24.3 Å². The summed E-state index contributed by atoms with van der Waals surface area (Å²) in [6.45, 7) is 1.97. The third kappa shape index (κ3) is 4.25. The molecule has 0 atom stereocenters. The minimum absolute atomic E-state index is 0.0195. The Morgan fingerprint density at radius 1 is 1.20 bits per heavy atom. The van der Waals surface area contributed by atoms with Crippen molar-refractivity contribution in [3.8, 4) is 0 Å². The maximum atomic E-state index is 12.4. The number of benzene rings is 1. The molecule has 0 heterocycles. The van der Waals surface area contributed by atoms with Gasteiger partial charge in [0.25, 0.3) is 5.91 Å². The maximum absolute atomic E-state index is 12.4. The van der Waals surface area contributed by atoms with Gasteiger partial charge in [0, 0.05) is 18.7 Å². The molecule has 0 fully saturated rings. The molecule has 1 aromatic rings. The molecular formula is C13H14F3NO3. The minimum atomic E-state index is -4.45. The van der Waals surface area contributed by atoms with Crippen molar-refractivity contribution in [2.75, 3.05) is 13.1 Å². The van der Waals surface area contributed by atoms with Gasteiger partial charge in [0.15, 0.2) is 0 Å². The summed E-state index contributed by atoms with van der Waals surface area (Å²) in [5, 5.41) is 8.57. The first-order chi connectivity index (χ1) is 9.25. The topological polar surface area (TPSA) is 57.6 Å². The highest BCUT2D eigenvalue weighted by Crippen LogP contribution is 2.29. The van der Waals surface area contributed by atoms with Crippen LogP contribution in [0.3, 0.4) is 0 Å². The molecule has 0 unspecified atom stereocenters. The minimum Gasteiger partial charge on any atom is -0.481 e. The molecule has 4 nitrogen and oxygen atoms in total. The number of hydrogen-bond acceptors (Lipinski definition) is 2. The molecule has 1 aromatic carbocycles. The summed E-state index contributed by atoms with van der Waals surface area (Å²) in [5.74, 6) is -1.52. The highest BCUT2D eigenvalue weighted by molar-refractivity contribution is 5.94. The highest BCUT2D eigenvalue weighted by Gasteiger charge is 2.30. The van der Waals surface area contributed by atoms with Crippen molar-refractivity contribution in [3.05, 3.63) is 35.4 Å². The predicted molar refractivity (Wildman–Crippen MR) is 65.3 cm³/mol. The van der Waals surface area contributed by atoms with E-state index < -0.39 is 23.6 Å². The van der Waals surface area contributed by atoms with E-state index in [1.54, 1.807) is 6.92 Å². The van der Waals surface area contributed by atoms with Gasteiger partial charge < -0.3 is 10.0 Å². The number of amides is 1. The molecule has 0 radical (unpaired) electrons. The number of carbonyl (C=O) groups excluding carboxylic acids is 1. The Kier molecular flexibility index (Phi) is 5.12. The normalized spacial score (nSPS) is 11.2. The number of rotatable bonds is 5. The van der Waals surface area contributed by atoms with Gasteiger partial charge in [0.1, 0.15) is 0 Å². The van der Waals surface area contributed by atoms with Gasteiger partial charge in [-0.15, -0.1) is 0 Å². The Balaban J connectivity index is 2.82. The van der Waals surface area contributed by atoms with Gasteiger partial charge in [-0.25, -0.2) is 0 Å². The Morgan fingerprint density at radius 3 is 2.15 bits per heavy atom. The lowest BCUT2D eigenvalue weighted by molar-refractivity contribution is -0.138. The average Bonchev–Trinajstić information content (AvgIpc) is 2.38. The van der Waals surface area contributed by atoms with E-state index in [-0.39, 0.29) is 25.1 Å². The van der Waals surface area contributed by atoms with Crippen molar-refractivity contribution >= 4 is 11.9 Å². The highest BCUT2D eigenvalue weighted by atomic mass is 19.4. The van der Waals surface area contributed by atoms with Crippen molar-refractivity contribution in [1.82, 2.24) is 4.90 Å². The Hall–Kier alpha value is -2.05. The standard InChI is InChI=1S/C13H14F3NO3/c1-2-17(8-7-11(18)19)12(20)9-3-5-10(6-4-9)13(14,15)16/h3-6H,2,7-8H2,1H3,(H,18,19). The van der Waals surface area contributed by atoms with E-state index in [1.165, 1.54) is 4.90 Å². The van der Waals surface area contributed by atoms with Crippen molar-refractivity contribution in [2.24, 2.45) is 0 Å². The van der Waals surface area contributed by atoms with Gasteiger partial charge in [0.05, 0.1) is 12.0 Å². The quantitative estimate of drug-likeness (QED) is 0.906. The summed E-state index contributed by atoms with van der Waals surface area (Å²) in [6.07, 6.45) is -4.66. The van der Waals surface area contributed by atoms with Crippen LogP contribution in [0.25, 0.3) is 0 Å². The summed E-state index contributed by atoms with van der Waals surface area (Å²) in [5.41, 5.74) is -0.729. The fraction of sp³-hybridized carbons (Fsp3) is 0.385. The average molecular weight is 289 g/mol. The van der Waals surface area contributed by atoms with Crippen molar-refractivity contribution in [1.29, 1.82) is 0 Å². The fourth-order valence-corrected chi connectivity index (χ4v) is 1.62. The van der Waals surface area contributed by atoms with Crippen molar-refractivity contribution < 1.29 is 27.9 Å². The molecule has 0 aliphatic heterocycles. The molecule has 0 saturated heterocycles. The van der Waals surface area contributed by atoms with Crippen LogP contribution >= 0.6 is 0 Å². The van der Waals surface area contributed by atoms with E-state index in [0.29, 0.717) is 0 Å². The lowest BCUT2D eigenvalue weighted by atomic mass is 10.1. The summed E-state index contributed by atoms with van der Waals surface area (Å²) in [6, 6.07) is 3.85. The van der Waals surface area contributed by atoms with Crippen molar-refractivity contribution in [3.63, 3.8) is 0 Å². The van der Waals surface area contributed by atoms with E-state index in [4.69, 9.17) is 5.11 Å². The number of nitrogens with zero attached hydrogens (tertiary/aromatic N) is 1. The maximum Gasteiger partial charge on any atom is 0.416 e. The first kappa shape index (κ1) is 16.0. The lowest BCUT2D eigenvalue weighted by Gasteiger charge is -2.20. The third-order valence-electron chi connectivity index (χ3n) is 2.72. The zero-order valence-electron chi connectivity index (χ0n) is 10.8. The van der Waals surface area contributed by atoms with Crippen LogP contribution in [-0.2, 0) is 11.0 Å². The zero-order valence-corrected chi connectivity index (χ0v) is 10.8. The molecule has 0 aliphatic carbocycles. The SMILES string of the molecule is CCN(CCC(=O)O)C(=O)c1ccc(C(F)(F)F)cc1. The van der Waals surface area contributed by atoms with E-state index in [9.17, 15) is 22.8 Å². The summed E-state index contributed by atoms with van der Waals surface area (Å²) in [7, 11) is 0. The lowest BCUT2D eigenvalue weighted by Crippen LogP contribution is -2.32. The Bertz CT molecular complexity index is 483. The van der Waals surface area contributed by atoms with Gasteiger partial charge in [-0.05, 0) is 31.2 Å². The molecule has 0 aromatic heterocycles. The number of alkyl halides is 3. The largest absolute Gasteiger partial charge is 0.481 e. The van der Waals surface area contributed by atoms with Crippen LogP contribution in [-0.4, -0.2) is 35.0 Å². The predicted octanol–water partition coefficient (Wildman–Crippen LogP) is 2.64. The molecular weight excluding hydrogens is 275 g/mol. The molecule has 0 bridgehead atoms. The molecule has 1 N–H and O–H groups in total. The number of hydrogen-bond donors (Lipinski definition) is 1. The second-order valence-corrected chi connectivity index (χ2v) is 4.10. The van der Waals surface area contributed by atoms with Gasteiger partial charge in [-0.1, -0.05) is 0 Å². The third-order valence-corrected chi connectivity index (χ3v) is 2.72. The van der Waals surface area contributed by atoms with Gasteiger partial charge in [0.2, 0.25) is 0 Å². The van der Waals surface area contributed by atoms with Gasteiger partial charge >= 0.3 is 12.1 Å². The van der Waals surface area contributed by atoms with Crippen LogP contribution in [0.4, 0.5) is 13.2 Å². The van der Waals surface area contributed by atoms with E-state index >= 15 is 0 Å². The van der Waals surface area contributed by atoms with E-state index in [2.05, 4.69) is 0 Å². The monoisotopic (exact) mass is 289 g/mol. The Labute approximate surface area is 113 Å². The van der Waals surface area contributed by atoms with Gasteiger partial charge in [-0.3, -0.25) is 9.59 Å². The molecule has 20 heavy (non-hydrogen) atoms.